The van der Waals surface area contributed by atoms with Gasteiger partial charge in [0.1, 0.15) is 5.75 Å². The Morgan fingerprint density at radius 2 is 2.03 bits per heavy atom. The van der Waals surface area contributed by atoms with Crippen molar-refractivity contribution < 1.29 is 19.0 Å². The Balaban J connectivity index is 1.57. The van der Waals surface area contributed by atoms with Crippen LogP contribution in [0.4, 0.5) is 4.79 Å². The number of benzene rings is 1. The largest absolute Gasteiger partial charge is 0.497 e. The first-order valence-corrected chi connectivity index (χ1v) is 12.1. The summed E-state index contributed by atoms with van der Waals surface area (Å²) in [5, 5.41) is 1.11. The fraction of sp³-hybridized carbons (Fsp3) is 0.593. The minimum absolute atomic E-state index is 0.286. The number of methoxy groups -OCH3 is 1. The van der Waals surface area contributed by atoms with Gasteiger partial charge in [-0.3, -0.25) is 4.90 Å². The van der Waals surface area contributed by atoms with Gasteiger partial charge in [0.2, 0.25) is 0 Å². The summed E-state index contributed by atoms with van der Waals surface area (Å²) in [6.07, 6.45) is 9.32. The molecule has 1 amide bonds. The number of amides is 1. The second-order valence-corrected chi connectivity index (χ2v) is 10.4. The molecule has 1 aromatic heterocycles. The van der Waals surface area contributed by atoms with Gasteiger partial charge >= 0.3 is 6.09 Å². The van der Waals surface area contributed by atoms with E-state index in [1.54, 1.807) is 7.11 Å². The molecule has 180 valence electrons. The lowest BCUT2D eigenvalue weighted by molar-refractivity contribution is -0.229. The molecule has 33 heavy (non-hydrogen) atoms. The van der Waals surface area contributed by atoms with Crippen molar-refractivity contribution in [3.05, 3.63) is 41.6 Å². The van der Waals surface area contributed by atoms with Gasteiger partial charge in [-0.15, -0.1) is 0 Å². The fourth-order valence-electron chi connectivity index (χ4n) is 5.45. The molecule has 3 heterocycles. The first kappa shape index (κ1) is 23.7. The smallest absolute Gasteiger partial charge is 0.412 e. The lowest BCUT2D eigenvalue weighted by Crippen LogP contribution is -2.59. The third-order valence-corrected chi connectivity index (χ3v) is 7.64. The number of nitrogens with one attached hydrogen (secondary N) is 1. The van der Waals surface area contributed by atoms with Crippen LogP contribution in [0.15, 0.2) is 36.0 Å². The Labute approximate surface area is 197 Å². The van der Waals surface area contributed by atoms with E-state index in [0.717, 1.165) is 54.3 Å². The van der Waals surface area contributed by atoms with E-state index in [0.29, 0.717) is 13.0 Å². The van der Waals surface area contributed by atoms with Crippen molar-refractivity contribution in [1.29, 1.82) is 0 Å². The summed E-state index contributed by atoms with van der Waals surface area (Å²) in [5.74, 6) is 0.822. The molecule has 2 aromatic rings. The number of nitrogens with zero attached hydrogens (tertiary/aromatic N) is 1. The fourth-order valence-corrected chi connectivity index (χ4v) is 5.45. The minimum Gasteiger partial charge on any atom is -0.497 e. The number of aromatic nitrogens is 1. The number of aromatic amines is 1. The highest BCUT2D eigenvalue weighted by Gasteiger charge is 2.63. The van der Waals surface area contributed by atoms with Crippen LogP contribution in [0.3, 0.4) is 0 Å². The standard InChI is InChI=1S/C27H38N2O4/c1-19(2)9-7-13-25(3)14-8-15-26(4)27(5,33-25)29(24(30)32-26)16-12-20-18-28-23-11-10-21(31-6)17-22(20)23/h9-11,17-18,28H,7-8,12-16H2,1-6H3/t25-,26+,27+/m0/s1. The molecule has 0 radical (unpaired) electrons. The van der Waals surface area contributed by atoms with Crippen LogP contribution in [0.25, 0.3) is 10.9 Å². The van der Waals surface area contributed by atoms with Crippen molar-refractivity contribution in [2.45, 2.75) is 90.1 Å². The highest BCUT2D eigenvalue weighted by Crippen LogP contribution is 2.49. The van der Waals surface area contributed by atoms with Gasteiger partial charge in [0.05, 0.1) is 12.7 Å². The highest BCUT2D eigenvalue weighted by atomic mass is 16.6. The van der Waals surface area contributed by atoms with Crippen molar-refractivity contribution in [3.8, 4) is 5.75 Å². The molecule has 2 aliphatic heterocycles. The van der Waals surface area contributed by atoms with Crippen LogP contribution >= 0.6 is 0 Å². The van der Waals surface area contributed by atoms with E-state index in [9.17, 15) is 4.79 Å². The van der Waals surface area contributed by atoms with Gasteiger partial charge < -0.3 is 19.2 Å². The molecule has 2 aliphatic rings. The van der Waals surface area contributed by atoms with E-state index in [2.05, 4.69) is 31.8 Å². The summed E-state index contributed by atoms with van der Waals surface area (Å²) in [6, 6.07) is 6.01. The summed E-state index contributed by atoms with van der Waals surface area (Å²) in [6.45, 7) is 11.0. The van der Waals surface area contributed by atoms with Crippen molar-refractivity contribution in [2.75, 3.05) is 13.7 Å². The number of ether oxygens (including phenoxy) is 3. The zero-order chi connectivity index (χ0) is 23.9. The number of H-pyrrole nitrogens is 1. The van der Waals surface area contributed by atoms with Crippen molar-refractivity contribution in [1.82, 2.24) is 9.88 Å². The quantitative estimate of drug-likeness (QED) is 0.495. The Morgan fingerprint density at radius 1 is 1.24 bits per heavy atom. The van der Waals surface area contributed by atoms with Crippen molar-refractivity contribution >= 4 is 17.0 Å². The Hall–Kier alpha value is -2.47. The molecule has 2 fully saturated rings. The molecule has 2 saturated heterocycles. The molecule has 0 aliphatic carbocycles. The topological polar surface area (TPSA) is 63.8 Å². The highest BCUT2D eigenvalue weighted by molar-refractivity contribution is 5.84. The number of hydrogen-bond acceptors (Lipinski definition) is 4. The van der Waals surface area contributed by atoms with E-state index in [-0.39, 0.29) is 11.7 Å². The Morgan fingerprint density at radius 3 is 2.76 bits per heavy atom. The average molecular weight is 455 g/mol. The Bertz CT molecular complexity index is 1060. The average Bonchev–Trinajstić information content (AvgIpc) is 3.18. The lowest BCUT2D eigenvalue weighted by Gasteiger charge is -2.45. The van der Waals surface area contributed by atoms with Gasteiger partial charge in [0, 0.05) is 23.6 Å². The van der Waals surface area contributed by atoms with E-state index in [1.165, 1.54) is 5.57 Å². The minimum atomic E-state index is -0.815. The van der Waals surface area contributed by atoms with Gasteiger partial charge in [0.25, 0.3) is 0 Å². The van der Waals surface area contributed by atoms with Gasteiger partial charge in [-0.25, -0.2) is 4.79 Å². The van der Waals surface area contributed by atoms with Crippen LogP contribution < -0.4 is 4.74 Å². The first-order valence-electron chi connectivity index (χ1n) is 12.1. The summed E-state index contributed by atoms with van der Waals surface area (Å²) >= 11 is 0. The zero-order valence-corrected chi connectivity index (χ0v) is 20.9. The summed E-state index contributed by atoms with van der Waals surface area (Å²) < 4.78 is 18.3. The number of hydrogen-bond donors (Lipinski definition) is 1. The number of fused-ring (bicyclic) bond motifs is 2. The van der Waals surface area contributed by atoms with Gasteiger partial charge in [-0.2, -0.15) is 0 Å². The molecule has 1 N–H and O–H groups in total. The monoisotopic (exact) mass is 454 g/mol. The Kier molecular flexibility index (Phi) is 6.25. The first-order chi connectivity index (χ1) is 15.6. The van der Waals surface area contributed by atoms with Crippen LogP contribution in [0.2, 0.25) is 0 Å². The summed E-state index contributed by atoms with van der Waals surface area (Å²) in [4.78, 5) is 18.2. The van der Waals surface area contributed by atoms with Crippen LogP contribution in [0, 0.1) is 0 Å². The molecule has 6 nitrogen and oxygen atoms in total. The lowest BCUT2D eigenvalue weighted by atomic mass is 9.88. The maximum Gasteiger partial charge on any atom is 0.412 e. The molecule has 4 rings (SSSR count). The molecule has 6 heteroatoms. The van der Waals surface area contributed by atoms with Crippen LogP contribution in [0.1, 0.15) is 72.3 Å². The van der Waals surface area contributed by atoms with Gasteiger partial charge in [-0.05, 0) is 96.9 Å². The zero-order valence-electron chi connectivity index (χ0n) is 20.9. The van der Waals surface area contributed by atoms with Crippen LogP contribution in [-0.2, 0) is 15.9 Å². The maximum atomic E-state index is 13.1. The van der Waals surface area contributed by atoms with E-state index < -0.39 is 11.3 Å². The molecular weight excluding hydrogens is 416 g/mol. The predicted octanol–water partition coefficient (Wildman–Crippen LogP) is 6.35. The number of rotatable bonds is 7. The third-order valence-electron chi connectivity index (χ3n) is 7.64. The van der Waals surface area contributed by atoms with Gasteiger partial charge in [-0.1, -0.05) is 11.6 Å². The van der Waals surface area contributed by atoms with Gasteiger partial charge in [0.15, 0.2) is 11.3 Å². The van der Waals surface area contributed by atoms with Crippen LogP contribution in [-0.4, -0.2) is 46.6 Å². The predicted molar refractivity (Wildman–Crippen MR) is 131 cm³/mol. The molecule has 0 unspecified atom stereocenters. The molecule has 1 aromatic carbocycles. The maximum absolute atomic E-state index is 13.1. The molecular formula is C27H38N2O4. The number of carbonyl (C=O) groups excluding carboxylic acids is 1. The SMILES string of the molecule is COc1ccc2[nH]cc(CCN3C(=O)O[C@]4(C)CCC[C@](C)(CCC=C(C)C)O[C@@]34C)c2c1. The van der Waals surface area contributed by atoms with E-state index in [1.807, 2.05) is 43.1 Å². The molecule has 0 spiro atoms. The summed E-state index contributed by atoms with van der Waals surface area (Å²) in [5.41, 5.74) is 1.74. The van der Waals surface area contributed by atoms with E-state index >= 15 is 0 Å². The normalized spacial score (nSPS) is 29.5. The van der Waals surface area contributed by atoms with Crippen molar-refractivity contribution in [3.63, 3.8) is 0 Å². The number of allylic oxidation sites excluding steroid dienone is 2. The summed E-state index contributed by atoms with van der Waals surface area (Å²) in [7, 11) is 1.67. The van der Waals surface area contributed by atoms with E-state index in [4.69, 9.17) is 14.2 Å². The molecule has 3 atom stereocenters. The van der Waals surface area contributed by atoms with Crippen LogP contribution in [0.5, 0.6) is 5.75 Å². The second kappa shape index (κ2) is 8.71. The second-order valence-electron chi connectivity index (χ2n) is 10.4. The molecule has 0 saturated carbocycles. The third kappa shape index (κ3) is 4.37. The number of carbonyl (C=O) groups is 1. The molecule has 0 bridgehead atoms. The van der Waals surface area contributed by atoms with Crippen molar-refractivity contribution in [2.24, 2.45) is 0 Å².